The van der Waals surface area contributed by atoms with Crippen LogP contribution >= 0.6 is 0 Å². The van der Waals surface area contributed by atoms with Crippen LogP contribution in [0.3, 0.4) is 0 Å². The van der Waals surface area contributed by atoms with Crippen molar-refractivity contribution in [3.05, 3.63) is 42.0 Å². The van der Waals surface area contributed by atoms with E-state index in [2.05, 4.69) is 6.58 Å². The zero-order chi connectivity index (χ0) is 12.4. The molecule has 0 saturated carbocycles. The lowest BCUT2D eigenvalue weighted by Crippen LogP contribution is -2.14. The fraction of sp³-hybridized carbons (Fsp3) is 0.357. The van der Waals surface area contributed by atoms with E-state index in [1.165, 1.54) is 0 Å². The molecule has 1 N–H and O–H groups in total. The summed E-state index contributed by atoms with van der Waals surface area (Å²) in [5.41, 5.74) is 1.70. The smallest absolute Gasteiger partial charge is 0.334 e. The zero-order valence-corrected chi connectivity index (χ0v) is 9.85. The molecule has 0 aromatic heterocycles. The van der Waals surface area contributed by atoms with Gasteiger partial charge >= 0.3 is 5.97 Å². The van der Waals surface area contributed by atoms with Gasteiger partial charge in [0.2, 0.25) is 0 Å². The van der Waals surface area contributed by atoms with E-state index in [1.807, 2.05) is 19.1 Å². The van der Waals surface area contributed by atoms with Crippen molar-refractivity contribution in [3.8, 4) is 5.75 Å². The number of rotatable bonds is 3. The number of aromatic hydroxyl groups is 1. The number of carbonyl (C=O) groups is 1. The summed E-state index contributed by atoms with van der Waals surface area (Å²) >= 11 is 0. The molecule has 2 unspecified atom stereocenters. The van der Waals surface area contributed by atoms with E-state index in [0.29, 0.717) is 5.57 Å². The molecule has 90 valence electrons. The minimum atomic E-state index is -0.270. The molecule has 0 radical (unpaired) electrons. The highest BCUT2D eigenvalue weighted by atomic mass is 16.6. The minimum absolute atomic E-state index is 0.0659. The molecule has 3 heteroatoms. The summed E-state index contributed by atoms with van der Waals surface area (Å²) in [5.74, 6) is 0.0932. The highest BCUT2D eigenvalue weighted by molar-refractivity contribution is 5.90. The number of phenolic OH excluding ortho intramolecular Hbond substituents is 1. The highest BCUT2D eigenvalue weighted by Gasteiger charge is 2.34. The van der Waals surface area contributed by atoms with Crippen molar-refractivity contribution in [2.75, 3.05) is 0 Å². The molecule has 17 heavy (non-hydrogen) atoms. The van der Waals surface area contributed by atoms with Gasteiger partial charge < -0.3 is 9.84 Å². The number of esters is 1. The van der Waals surface area contributed by atoms with Crippen LogP contribution in [0, 0.1) is 5.92 Å². The van der Waals surface area contributed by atoms with E-state index >= 15 is 0 Å². The topological polar surface area (TPSA) is 46.5 Å². The van der Waals surface area contributed by atoms with E-state index in [4.69, 9.17) is 9.84 Å². The van der Waals surface area contributed by atoms with Crippen LogP contribution < -0.4 is 0 Å². The summed E-state index contributed by atoms with van der Waals surface area (Å²) in [5, 5.41) is 9.17. The van der Waals surface area contributed by atoms with Crippen molar-refractivity contribution in [1.82, 2.24) is 0 Å². The standard InChI is InChI=1S/C14H16O3/c1-9-10(2)14(16)17-13(9)8-5-11-3-6-12(15)7-4-11/h3-4,6-7,9,13,15H,2,5,8H2,1H3. The molecular weight excluding hydrogens is 216 g/mol. The van der Waals surface area contributed by atoms with Crippen molar-refractivity contribution in [2.24, 2.45) is 5.92 Å². The van der Waals surface area contributed by atoms with Crippen LogP contribution in [0.25, 0.3) is 0 Å². The van der Waals surface area contributed by atoms with Gasteiger partial charge in [0.25, 0.3) is 0 Å². The molecule has 0 spiro atoms. The predicted octanol–water partition coefficient (Wildman–Crippen LogP) is 2.44. The van der Waals surface area contributed by atoms with Crippen molar-refractivity contribution in [3.63, 3.8) is 0 Å². The summed E-state index contributed by atoms with van der Waals surface area (Å²) in [7, 11) is 0. The molecule has 1 aliphatic rings. The largest absolute Gasteiger partial charge is 0.508 e. The molecule has 2 rings (SSSR count). The summed E-state index contributed by atoms with van der Waals surface area (Å²) < 4.78 is 5.24. The van der Waals surface area contributed by atoms with Crippen molar-refractivity contribution in [2.45, 2.75) is 25.9 Å². The van der Waals surface area contributed by atoms with Gasteiger partial charge in [-0.15, -0.1) is 0 Å². The van der Waals surface area contributed by atoms with Crippen molar-refractivity contribution in [1.29, 1.82) is 0 Å². The Balaban J connectivity index is 1.93. The van der Waals surface area contributed by atoms with Crippen LogP contribution in [0.2, 0.25) is 0 Å². The van der Waals surface area contributed by atoms with E-state index in [0.717, 1.165) is 18.4 Å². The lowest BCUT2D eigenvalue weighted by atomic mass is 9.95. The summed E-state index contributed by atoms with van der Waals surface area (Å²) in [6, 6.07) is 7.09. The van der Waals surface area contributed by atoms with Crippen LogP contribution in [-0.4, -0.2) is 17.2 Å². The molecule has 1 heterocycles. The zero-order valence-electron chi connectivity index (χ0n) is 9.85. The maximum atomic E-state index is 11.3. The van der Waals surface area contributed by atoms with Crippen molar-refractivity contribution < 1.29 is 14.6 Å². The summed E-state index contributed by atoms with van der Waals surface area (Å²) in [6.45, 7) is 5.69. The van der Waals surface area contributed by atoms with E-state index in [-0.39, 0.29) is 23.7 Å². The fourth-order valence-corrected chi connectivity index (χ4v) is 2.01. The lowest BCUT2D eigenvalue weighted by Gasteiger charge is -2.13. The molecular formula is C14H16O3. The van der Waals surface area contributed by atoms with Gasteiger partial charge in [0.05, 0.1) is 0 Å². The molecule has 1 saturated heterocycles. The Morgan fingerprint density at radius 1 is 1.35 bits per heavy atom. The van der Waals surface area contributed by atoms with Gasteiger partial charge in [0.15, 0.2) is 0 Å². The Morgan fingerprint density at radius 2 is 2.00 bits per heavy atom. The van der Waals surface area contributed by atoms with Gasteiger partial charge in [-0.1, -0.05) is 25.6 Å². The first-order valence-corrected chi connectivity index (χ1v) is 5.75. The van der Waals surface area contributed by atoms with E-state index in [1.54, 1.807) is 12.1 Å². The average Bonchev–Trinajstić information content (AvgIpc) is 2.56. The number of ether oxygens (including phenoxy) is 1. The highest BCUT2D eigenvalue weighted by Crippen LogP contribution is 2.29. The second-order valence-corrected chi connectivity index (χ2v) is 4.46. The Bertz CT molecular complexity index is 433. The summed E-state index contributed by atoms with van der Waals surface area (Å²) in [6.07, 6.45) is 1.55. The average molecular weight is 232 g/mol. The van der Waals surface area contributed by atoms with Gasteiger partial charge in [-0.3, -0.25) is 0 Å². The maximum Gasteiger partial charge on any atom is 0.334 e. The number of phenols is 1. The van der Waals surface area contributed by atoms with Crippen LogP contribution in [0.1, 0.15) is 18.9 Å². The SMILES string of the molecule is C=C1C(=O)OC(CCc2ccc(O)cc2)C1C. The molecule has 3 nitrogen and oxygen atoms in total. The Hall–Kier alpha value is -1.77. The van der Waals surface area contributed by atoms with Gasteiger partial charge in [-0.2, -0.15) is 0 Å². The molecule has 1 aliphatic heterocycles. The minimum Gasteiger partial charge on any atom is -0.508 e. The maximum absolute atomic E-state index is 11.3. The van der Waals surface area contributed by atoms with Crippen LogP contribution in [-0.2, 0) is 16.0 Å². The number of aryl methyl sites for hydroxylation is 1. The lowest BCUT2D eigenvalue weighted by molar-refractivity contribution is -0.139. The predicted molar refractivity (Wildman–Crippen MR) is 64.6 cm³/mol. The molecule has 1 aromatic carbocycles. The van der Waals surface area contributed by atoms with Crippen LogP contribution in [0.5, 0.6) is 5.75 Å². The third-order valence-electron chi connectivity index (χ3n) is 3.28. The van der Waals surface area contributed by atoms with Gasteiger partial charge in [0.1, 0.15) is 11.9 Å². The van der Waals surface area contributed by atoms with Crippen molar-refractivity contribution >= 4 is 5.97 Å². The van der Waals surface area contributed by atoms with Crippen LogP contribution in [0.15, 0.2) is 36.4 Å². The number of carbonyl (C=O) groups excluding carboxylic acids is 1. The third-order valence-corrected chi connectivity index (χ3v) is 3.28. The molecule has 1 aromatic rings. The quantitative estimate of drug-likeness (QED) is 0.643. The number of cyclic esters (lactones) is 1. The molecule has 0 aliphatic carbocycles. The van der Waals surface area contributed by atoms with Gasteiger partial charge in [-0.05, 0) is 30.5 Å². The Morgan fingerprint density at radius 3 is 2.53 bits per heavy atom. The first-order chi connectivity index (χ1) is 8.08. The first-order valence-electron chi connectivity index (χ1n) is 5.75. The number of hydrogen-bond acceptors (Lipinski definition) is 3. The molecule has 0 amide bonds. The second-order valence-electron chi connectivity index (χ2n) is 4.46. The molecule has 0 bridgehead atoms. The number of hydrogen-bond donors (Lipinski definition) is 1. The number of benzene rings is 1. The van der Waals surface area contributed by atoms with Crippen LogP contribution in [0.4, 0.5) is 0 Å². The van der Waals surface area contributed by atoms with Gasteiger partial charge in [0, 0.05) is 11.5 Å². The monoisotopic (exact) mass is 232 g/mol. The van der Waals surface area contributed by atoms with E-state index in [9.17, 15) is 4.79 Å². The fourth-order valence-electron chi connectivity index (χ4n) is 2.01. The molecule has 1 fully saturated rings. The molecule has 2 atom stereocenters. The third kappa shape index (κ3) is 2.49. The summed E-state index contributed by atoms with van der Waals surface area (Å²) in [4.78, 5) is 11.3. The Kier molecular flexibility index (Phi) is 3.18. The normalized spacial score (nSPS) is 23.8. The second kappa shape index (κ2) is 4.62. The van der Waals surface area contributed by atoms with E-state index < -0.39 is 0 Å². The Labute approximate surface area is 101 Å². The van der Waals surface area contributed by atoms with Gasteiger partial charge in [-0.25, -0.2) is 4.79 Å². The first kappa shape index (κ1) is 11.7.